The maximum atomic E-state index is 11.7. The van der Waals surface area contributed by atoms with Gasteiger partial charge in [-0.1, -0.05) is 0 Å². The number of methoxy groups -OCH3 is 1. The van der Waals surface area contributed by atoms with E-state index in [1.807, 2.05) is 20.8 Å². The van der Waals surface area contributed by atoms with Crippen molar-refractivity contribution in [2.45, 2.75) is 26.3 Å². The lowest BCUT2D eigenvalue weighted by atomic mass is 10.1. The first-order valence-electron chi connectivity index (χ1n) is 5.03. The Labute approximate surface area is 95.4 Å². The molecule has 0 radical (unpaired) electrons. The van der Waals surface area contributed by atoms with Crippen LogP contribution in [0.3, 0.4) is 0 Å². The topological polar surface area (TPSA) is 55.5 Å². The first kappa shape index (κ1) is 12.4. The van der Waals surface area contributed by atoms with Gasteiger partial charge < -0.3 is 15.1 Å². The van der Waals surface area contributed by atoms with E-state index < -0.39 is 5.54 Å². The summed E-state index contributed by atoms with van der Waals surface area (Å²) in [5, 5.41) is 21.1. The van der Waals surface area contributed by atoms with E-state index in [-0.39, 0.29) is 5.75 Å². The van der Waals surface area contributed by atoms with Crippen LogP contribution in [0.2, 0.25) is 0 Å². The predicted octanol–water partition coefficient (Wildman–Crippen LogP) is 2.13. The molecule has 0 amide bonds. The van der Waals surface area contributed by atoms with E-state index in [1.165, 1.54) is 19.4 Å². The molecule has 4 nitrogen and oxygen atoms in total. The van der Waals surface area contributed by atoms with Crippen LogP contribution in [0.25, 0.3) is 0 Å². The van der Waals surface area contributed by atoms with Crippen molar-refractivity contribution in [3.05, 3.63) is 29.0 Å². The maximum absolute atomic E-state index is 11.7. The lowest BCUT2D eigenvalue weighted by molar-refractivity contribution is -0.530. The normalized spacial score (nSPS) is 12.6. The van der Waals surface area contributed by atoms with Gasteiger partial charge in [0, 0.05) is 26.3 Å². The van der Waals surface area contributed by atoms with Crippen molar-refractivity contribution < 1.29 is 14.6 Å². The molecule has 0 aliphatic rings. The summed E-state index contributed by atoms with van der Waals surface area (Å²) in [6, 6.07) is 4.78. The van der Waals surface area contributed by atoms with E-state index in [4.69, 9.17) is 4.74 Å². The Morgan fingerprint density at radius 2 is 2.00 bits per heavy atom. The summed E-state index contributed by atoms with van der Waals surface area (Å²) >= 11 is 0. The van der Waals surface area contributed by atoms with Gasteiger partial charge in [-0.15, -0.1) is 0 Å². The largest absolute Gasteiger partial charge is 0.623 e. The van der Waals surface area contributed by atoms with Gasteiger partial charge in [-0.05, 0) is 18.2 Å². The first-order chi connectivity index (χ1) is 7.34. The number of aromatic hydroxyl groups is 1. The number of hydrogen-bond donors (Lipinski definition) is 1. The molecule has 4 heteroatoms. The average Bonchev–Trinajstić information content (AvgIpc) is 2.19. The Kier molecular flexibility index (Phi) is 3.42. The van der Waals surface area contributed by atoms with Crippen LogP contribution in [0.15, 0.2) is 18.2 Å². The van der Waals surface area contributed by atoms with E-state index in [1.54, 1.807) is 12.1 Å². The zero-order valence-electron chi connectivity index (χ0n) is 10.0. The number of rotatable bonds is 2. The second kappa shape index (κ2) is 4.43. The molecule has 0 spiro atoms. The van der Waals surface area contributed by atoms with E-state index in [9.17, 15) is 10.3 Å². The fourth-order valence-electron chi connectivity index (χ4n) is 1.10. The van der Waals surface area contributed by atoms with Crippen LogP contribution in [0.1, 0.15) is 26.3 Å². The summed E-state index contributed by atoms with van der Waals surface area (Å²) in [7, 11) is 1.47. The van der Waals surface area contributed by atoms with Crippen molar-refractivity contribution in [3.8, 4) is 11.5 Å². The molecule has 0 aromatic heterocycles. The van der Waals surface area contributed by atoms with Crippen LogP contribution >= 0.6 is 0 Å². The van der Waals surface area contributed by atoms with Gasteiger partial charge in [0.2, 0.25) is 0 Å². The summed E-state index contributed by atoms with van der Waals surface area (Å²) in [6.07, 6.45) is 1.47. The molecule has 0 aliphatic heterocycles. The Morgan fingerprint density at radius 1 is 1.38 bits per heavy atom. The van der Waals surface area contributed by atoms with Crippen molar-refractivity contribution in [2.75, 3.05) is 7.11 Å². The molecule has 1 aromatic rings. The fraction of sp³-hybridized carbons (Fsp3) is 0.417. The number of phenolic OH excluding ortho intramolecular Hbond substituents is 1. The number of hydrogen-bond acceptors (Lipinski definition) is 3. The maximum Gasteiger partial charge on any atom is 0.182 e. The monoisotopic (exact) mass is 223 g/mol. The minimum absolute atomic E-state index is 0.0628. The first-order valence-corrected chi connectivity index (χ1v) is 5.03. The van der Waals surface area contributed by atoms with Crippen molar-refractivity contribution in [3.63, 3.8) is 0 Å². The summed E-state index contributed by atoms with van der Waals surface area (Å²) in [5.74, 6) is 0.420. The standard InChI is InChI=1S/C12H17NO3/c1-12(2,3)13(15)8-9-5-6-10(14)11(7-9)16-4/h5-8,14H,1-4H3/b13-8+. The number of phenols is 1. The Bertz CT molecular complexity index is 405. The SMILES string of the molecule is COc1cc(/C=[N+](/[O-])C(C)(C)C)ccc1O. The van der Waals surface area contributed by atoms with Crippen LogP contribution in [0, 0.1) is 5.21 Å². The van der Waals surface area contributed by atoms with Gasteiger partial charge in [0.15, 0.2) is 23.3 Å². The summed E-state index contributed by atoms with van der Waals surface area (Å²) in [4.78, 5) is 0. The van der Waals surface area contributed by atoms with Gasteiger partial charge >= 0.3 is 0 Å². The zero-order valence-corrected chi connectivity index (χ0v) is 10.0. The lowest BCUT2D eigenvalue weighted by Crippen LogP contribution is -2.29. The third-order valence-corrected chi connectivity index (χ3v) is 2.13. The van der Waals surface area contributed by atoms with Crippen LogP contribution < -0.4 is 4.74 Å². The molecule has 0 bridgehead atoms. The zero-order chi connectivity index (χ0) is 12.3. The van der Waals surface area contributed by atoms with E-state index >= 15 is 0 Å². The smallest absolute Gasteiger partial charge is 0.182 e. The highest BCUT2D eigenvalue weighted by Gasteiger charge is 2.18. The minimum atomic E-state index is -0.481. The van der Waals surface area contributed by atoms with E-state index in [0.717, 1.165) is 4.74 Å². The summed E-state index contributed by atoms with van der Waals surface area (Å²) in [6.45, 7) is 5.48. The van der Waals surface area contributed by atoms with Gasteiger partial charge in [0.1, 0.15) is 0 Å². The number of hydroxylamine groups is 1. The van der Waals surface area contributed by atoms with Gasteiger partial charge in [-0.25, -0.2) is 4.74 Å². The molecule has 88 valence electrons. The van der Waals surface area contributed by atoms with Crippen molar-refractivity contribution in [1.29, 1.82) is 0 Å². The molecule has 0 heterocycles. The van der Waals surface area contributed by atoms with Gasteiger partial charge in [-0.3, -0.25) is 0 Å². The molecule has 0 aliphatic carbocycles. The average molecular weight is 223 g/mol. The fourth-order valence-corrected chi connectivity index (χ4v) is 1.10. The summed E-state index contributed by atoms with van der Waals surface area (Å²) in [5.41, 5.74) is 0.213. The predicted molar refractivity (Wildman–Crippen MR) is 63.2 cm³/mol. The van der Waals surface area contributed by atoms with Crippen molar-refractivity contribution >= 4 is 6.21 Å². The number of benzene rings is 1. The molecule has 1 aromatic carbocycles. The Morgan fingerprint density at radius 3 is 2.50 bits per heavy atom. The lowest BCUT2D eigenvalue weighted by Gasteiger charge is -2.18. The Balaban J connectivity index is 3.07. The number of ether oxygens (including phenoxy) is 1. The van der Waals surface area contributed by atoms with Crippen LogP contribution in [-0.4, -0.2) is 28.7 Å². The highest BCUT2D eigenvalue weighted by atomic mass is 16.5. The molecule has 0 fully saturated rings. The molecular weight excluding hydrogens is 206 g/mol. The quantitative estimate of drug-likeness (QED) is 0.361. The second-order valence-electron chi connectivity index (χ2n) is 4.56. The van der Waals surface area contributed by atoms with Gasteiger partial charge in [-0.2, -0.15) is 0 Å². The van der Waals surface area contributed by atoms with Crippen molar-refractivity contribution in [1.82, 2.24) is 0 Å². The third kappa shape index (κ3) is 2.89. The van der Waals surface area contributed by atoms with Crippen LogP contribution in [-0.2, 0) is 0 Å². The van der Waals surface area contributed by atoms with E-state index in [0.29, 0.717) is 11.3 Å². The van der Waals surface area contributed by atoms with E-state index in [2.05, 4.69) is 0 Å². The van der Waals surface area contributed by atoms with Crippen LogP contribution in [0.4, 0.5) is 0 Å². The minimum Gasteiger partial charge on any atom is -0.623 e. The molecule has 0 unspecified atom stereocenters. The molecular formula is C12H17NO3. The van der Waals surface area contributed by atoms with Gasteiger partial charge in [0.05, 0.1) is 7.11 Å². The number of nitrogens with zero attached hydrogens (tertiary/aromatic N) is 1. The molecule has 16 heavy (non-hydrogen) atoms. The third-order valence-electron chi connectivity index (χ3n) is 2.13. The van der Waals surface area contributed by atoms with Crippen LogP contribution in [0.5, 0.6) is 11.5 Å². The molecule has 0 saturated heterocycles. The highest BCUT2D eigenvalue weighted by Crippen LogP contribution is 2.25. The molecule has 0 saturated carbocycles. The van der Waals surface area contributed by atoms with Crippen molar-refractivity contribution in [2.24, 2.45) is 0 Å². The Hall–Kier alpha value is -1.71. The molecule has 1 rings (SSSR count). The second-order valence-corrected chi connectivity index (χ2v) is 4.56. The van der Waals surface area contributed by atoms with Gasteiger partial charge in [0.25, 0.3) is 0 Å². The summed E-state index contributed by atoms with van der Waals surface area (Å²) < 4.78 is 5.84. The molecule has 0 atom stereocenters. The molecule has 1 N–H and O–H groups in total. The highest BCUT2D eigenvalue weighted by molar-refractivity contribution is 5.77.